The molecule has 0 amide bonds. The molecule has 4 aromatic rings. The number of hydrogen-bond donors (Lipinski definition) is 1. The van der Waals surface area contributed by atoms with Crippen LogP contribution in [-0.4, -0.2) is 31.3 Å². The van der Waals surface area contributed by atoms with Crippen molar-refractivity contribution in [2.24, 2.45) is 0 Å². The Morgan fingerprint density at radius 2 is 2.10 bits per heavy atom. The zero-order valence-electron chi connectivity index (χ0n) is 15.0. The number of hydrogen-bond acceptors (Lipinski definition) is 9. The average Bonchev–Trinajstić information content (AvgIpc) is 3.45. The van der Waals surface area contributed by atoms with Crippen LogP contribution in [0.15, 0.2) is 39.1 Å². The minimum absolute atomic E-state index is 0.00403. The molecule has 3 aromatic heterocycles. The van der Waals surface area contributed by atoms with E-state index in [1.807, 2.05) is 24.3 Å². The first-order valence-electron chi connectivity index (χ1n) is 8.87. The Kier molecular flexibility index (Phi) is 4.53. The summed E-state index contributed by atoms with van der Waals surface area (Å²) in [5.41, 5.74) is 8.60. The van der Waals surface area contributed by atoms with Gasteiger partial charge in [0.1, 0.15) is 11.2 Å². The lowest BCUT2D eigenvalue weighted by Crippen LogP contribution is -2.24. The van der Waals surface area contributed by atoms with Crippen LogP contribution in [0.2, 0.25) is 5.02 Å². The van der Waals surface area contributed by atoms with Gasteiger partial charge in [-0.15, -0.1) is 11.3 Å². The fourth-order valence-electron chi connectivity index (χ4n) is 3.36. The number of thiazole rings is 1. The number of aromatic nitrogens is 5. The summed E-state index contributed by atoms with van der Waals surface area (Å²) >= 11 is 7.16. The Balaban J connectivity index is 1.34. The third kappa shape index (κ3) is 3.39. The van der Waals surface area contributed by atoms with E-state index in [0.29, 0.717) is 27.8 Å². The molecule has 11 heteroatoms. The number of anilines is 1. The monoisotopic (exact) mass is 430 g/mol. The number of benzene rings is 1. The molecular formula is C18H15ClN6O3S. The van der Waals surface area contributed by atoms with Crippen LogP contribution in [0, 0.1) is 0 Å². The predicted octanol–water partition coefficient (Wildman–Crippen LogP) is 2.77. The van der Waals surface area contributed by atoms with Gasteiger partial charge in [0.15, 0.2) is 11.5 Å². The number of fused-ring (bicyclic) bond motifs is 1. The van der Waals surface area contributed by atoms with Gasteiger partial charge in [-0.2, -0.15) is 9.97 Å². The largest absolute Gasteiger partial charge is 0.373 e. The molecule has 148 valence electrons. The molecule has 0 saturated carbocycles. The Morgan fingerprint density at radius 1 is 1.28 bits per heavy atom. The van der Waals surface area contributed by atoms with E-state index < -0.39 is 0 Å². The second kappa shape index (κ2) is 7.21. The van der Waals surface area contributed by atoms with Crippen molar-refractivity contribution in [3.63, 3.8) is 0 Å². The van der Waals surface area contributed by atoms with Gasteiger partial charge < -0.3 is 15.0 Å². The van der Waals surface area contributed by atoms with Gasteiger partial charge in [-0.25, -0.2) is 4.98 Å². The summed E-state index contributed by atoms with van der Waals surface area (Å²) in [4.78, 5) is 25.2. The maximum absolute atomic E-state index is 12.6. The highest BCUT2D eigenvalue weighted by Gasteiger charge is 2.31. The van der Waals surface area contributed by atoms with Crippen LogP contribution in [-0.2, 0) is 11.3 Å². The topological polar surface area (TPSA) is 122 Å². The maximum Gasteiger partial charge on any atom is 0.275 e. The number of rotatable bonds is 4. The van der Waals surface area contributed by atoms with Crippen LogP contribution in [0.1, 0.15) is 35.7 Å². The molecule has 29 heavy (non-hydrogen) atoms. The fourth-order valence-corrected chi connectivity index (χ4v) is 4.16. The van der Waals surface area contributed by atoms with E-state index >= 15 is 0 Å². The second-order valence-corrected chi connectivity index (χ2v) is 8.01. The summed E-state index contributed by atoms with van der Waals surface area (Å²) in [5.74, 6) is 0.897. The average molecular weight is 431 g/mol. The normalized spacial score (nSPS) is 19.2. The van der Waals surface area contributed by atoms with Crippen molar-refractivity contribution >= 4 is 39.2 Å². The van der Waals surface area contributed by atoms with E-state index in [1.165, 1.54) is 15.9 Å². The molecule has 1 saturated heterocycles. The standard InChI is InChI=1S/C18H15ClN6O3S/c19-11-3-1-9(2-4-11)12-5-10(7-27-12)15-22-13(28-24-15)6-25-17(26)14-16(21-8-29-14)23-18(25)20/h1-4,8,10,12H,5-7H2,(H2,20,23)/t10-,12+/m0/s1. The smallest absolute Gasteiger partial charge is 0.275 e. The van der Waals surface area contributed by atoms with Crippen molar-refractivity contribution in [1.29, 1.82) is 0 Å². The molecule has 1 aromatic carbocycles. The predicted molar refractivity (Wildman–Crippen MR) is 107 cm³/mol. The van der Waals surface area contributed by atoms with Crippen molar-refractivity contribution in [3.05, 3.63) is 62.4 Å². The van der Waals surface area contributed by atoms with Crippen molar-refractivity contribution < 1.29 is 9.26 Å². The van der Waals surface area contributed by atoms with Crippen molar-refractivity contribution in [1.82, 2.24) is 24.7 Å². The van der Waals surface area contributed by atoms with Gasteiger partial charge in [-0.3, -0.25) is 9.36 Å². The minimum atomic E-state index is -0.276. The van der Waals surface area contributed by atoms with E-state index in [0.717, 1.165) is 12.0 Å². The van der Waals surface area contributed by atoms with E-state index in [-0.39, 0.29) is 36.0 Å². The lowest BCUT2D eigenvalue weighted by atomic mass is 10.0. The highest BCUT2D eigenvalue weighted by Crippen LogP contribution is 2.37. The first-order valence-corrected chi connectivity index (χ1v) is 10.1. The van der Waals surface area contributed by atoms with Gasteiger partial charge in [-0.1, -0.05) is 28.9 Å². The number of nitrogens with zero attached hydrogens (tertiary/aromatic N) is 5. The van der Waals surface area contributed by atoms with E-state index in [2.05, 4.69) is 20.1 Å². The van der Waals surface area contributed by atoms with Gasteiger partial charge in [-0.05, 0) is 24.1 Å². The molecular weight excluding hydrogens is 416 g/mol. The molecule has 1 aliphatic heterocycles. The Bertz CT molecular complexity index is 1230. The number of nitrogen functional groups attached to an aromatic ring is 1. The van der Waals surface area contributed by atoms with Crippen molar-refractivity contribution in [2.45, 2.75) is 25.0 Å². The summed E-state index contributed by atoms with van der Waals surface area (Å²) in [6.07, 6.45) is 0.687. The Morgan fingerprint density at radius 3 is 2.93 bits per heavy atom. The van der Waals surface area contributed by atoms with Crippen LogP contribution in [0.3, 0.4) is 0 Å². The Hall–Kier alpha value is -2.82. The highest BCUT2D eigenvalue weighted by atomic mass is 35.5. The molecule has 9 nitrogen and oxygen atoms in total. The number of nitrogens with two attached hydrogens (primary N) is 1. The fraction of sp³-hybridized carbons (Fsp3) is 0.278. The summed E-state index contributed by atoms with van der Waals surface area (Å²) in [6, 6.07) is 7.59. The molecule has 0 unspecified atom stereocenters. The van der Waals surface area contributed by atoms with Gasteiger partial charge in [0, 0.05) is 10.9 Å². The Labute approximate surface area is 173 Å². The van der Waals surface area contributed by atoms with E-state index in [4.69, 9.17) is 26.6 Å². The van der Waals surface area contributed by atoms with Crippen molar-refractivity contribution in [3.8, 4) is 0 Å². The molecule has 4 heterocycles. The molecule has 1 aliphatic rings. The third-order valence-corrected chi connectivity index (χ3v) is 5.92. The first-order chi connectivity index (χ1) is 14.1. The lowest BCUT2D eigenvalue weighted by molar-refractivity contribution is 0.110. The minimum Gasteiger partial charge on any atom is -0.373 e. The van der Waals surface area contributed by atoms with Gasteiger partial charge in [0.2, 0.25) is 11.8 Å². The number of halogens is 1. The zero-order valence-corrected chi connectivity index (χ0v) is 16.6. The number of ether oxygens (including phenoxy) is 1. The second-order valence-electron chi connectivity index (χ2n) is 6.72. The summed E-state index contributed by atoms with van der Waals surface area (Å²) < 4.78 is 13.0. The van der Waals surface area contributed by atoms with E-state index in [1.54, 1.807) is 5.51 Å². The quantitative estimate of drug-likeness (QED) is 0.524. The highest BCUT2D eigenvalue weighted by molar-refractivity contribution is 7.16. The molecule has 0 aliphatic carbocycles. The summed E-state index contributed by atoms with van der Waals surface area (Å²) in [7, 11) is 0. The maximum atomic E-state index is 12.6. The summed E-state index contributed by atoms with van der Waals surface area (Å²) in [6.45, 7) is 0.537. The first kappa shape index (κ1) is 18.2. The molecule has 5 rings (SSSR count). The SMILES string of the molecule is Nc1nc2ncsc2c(=O)n1Cc1nc([C@@H]2CO[C@@H](c3ccc(Cl)cc3)C2)no1. The van der Waals surface area contributed by atoms with Crippen LogP contribution >= 0.6 is 22.9 Å². The molecule has 2 atom stereocenters. The van der Waals surface area contributed by atoms with Crippen LogP contribution in [0.5, 0.6) is 0 Å². The van der Waals surface area contributed by atoms with Crippen LogP contribution < -0.4 is 11.3 Å². The van der Waals surface area contributed by atoms with Crippen LogP contribution in [0.4, 0.5) is 5.95 Å². The summed E-state index contributed by atoms with van der Waals surface area (Å²) in [5, 5.41) is 4.76. The third-order valence-electron chi connectivity index (χ3n) is 4.87. The lowest BCUT2D eigenvalue weighted by Gasteiger charge is -2.09. The molecule has 2 N–H and O–H groups in total. The van der Waals surface area contributed by atoms with Crippen molar-refractivity contribution in [2.75, 3.05) is 12.3 Å². The molecule has 0 bridgehead atoms. The zero-order chi connectivity index (χ0) is 20.0. The molecule has 0 radical (unpaired) electrons. The van der Waals surface area contributed by atoms with Gasteiger partial charge in [0.25, 0.3) is 5.56 Å². The molecule has 1 fully saturated rings. The molecule has 0 spiro atoms. The van der Waals surface area contributed by atoms with Gasteiger partial charge >= 0.3 is 0 Å². The van der Waals surface area contributed by atoms with Gasteiger partial charge in [0.05, 0.1) is 18.2 Å². The van der Waals surface area contributed by atoms with E-state index in [9.17, 15) is 4.79 Å². The van der Waals surface area contributed by atoms with Crippen LogP contribution in [0.25, 0.3) is 10.3 Å².